The Morgan fingerprint density at radius 3 is 2.38 bits per heavy atom. The molecular weight excluding hydrogens is 228 g/mol. The van der Waals surface area contributed by atoms with Gasteiger partial charge in [0.2, 0.25) is 0 Å². The summed E-state index contributed by atoms with van der Waals surface area (Å²) < 4.78 is 50.2. The summed E-state index contributed by atoms with van der Waals surface area (Å²) in [6.07, 6.45) is -4.76. The molecule has 0 saturated heterocycles. The van der Waals surface area contributed by atoms with Crippen LogP contribution in [0, 0.1) is 5.82 Å². The summed E-state index contributed by atoms with van der Waals surface area (Å²) in [5.41, 5.74) is -1.69. The summed E-state index contributed by atoms with van der Waals surface area (Å²) in [4.78, 5) is 10.6. The zero-order valence-corrected chi connectivity index (χ0v) is 8.18. The number of carboxylic acids is 1. The number of benzene rings is 1. The van der Waals surface area contributed by atoms with Gasteiger partial charge in [-0.3, -0.25) is 4.79 Å². The molecule has 0 bridgehead atoms. The van der Waals surface area contributed by atoms with Gasteiger partial charge in [0.05, 0.1) is 11.5 Å². The highest BCUT2D eigenvalue weighted by atomic mass is 19.4. The molecule has 0 aliphatic rings. The van der Waals surface area contributed by atoms with E-state index < -0.39 is 35.0 Å². The van der Waals surface area contributed by atoms with Crippen LogP contribution in [0.25, 0.3) is 0 Å². The van der Waals surface area contributed by atoms with E-state index >= 15 is 0 Å². The van der Waals surface area contributed by atoms with Gasteiger partial charge >= 0.3 is 12.1 Å². The molecule has 6 heteroatoms. The maximum absolute atomic E-state index is 12.7. The molecule has 2 nitrogen and oxygen atoms in total. The lowest BCUT2D eigenvalue weighted by molar-refractivity contribution is -0.141. The second-order valence-electron chi connectivity index (χ2n) is 3.29. The fourth-order valence-corrected chi connectivity index (χ4v) is 1.28. The van der Waals surface area contributed by atoms with Gasteiger partial charge in [-0.05, 0) is 24.6 Å². The molecule has 88 valence electrons. The van der Waals surface area contributed by atoms with Crippen LogP contribution in [0.1, 0.15) is 24.0 Å². The van der Waals surface area contributed by atoms with Crippen LogP contribution < -0.4 is 0 Å². The minimum Gasteiger partial charge on any atom is -0.481 e. The number of hydrogen-bond donors (Lipinski definition) is 1. The van der Waals surface area contributed by atoms with Gasteiger partial charge in [-0.15, -0.1) is 0 Å². The number of aliphatic carboxylic acids is 1. The average Bonchev–Trinajstić information content (AvgIpc) is 2.15. The minimum absolute atomic E-state index is 0.300. The van der Waals surface area contributed by atoms with Gasteiger partial charge in [-0.1, -0.05) is 6.07 Å². The molecule has 1 atom stereocenters. The highest BCUT2D eigenvalue weighted by molar-refractivity contribution is 5.76. The molecule has 0 heterocycles. The van der Waals surface area contributed by atoms with Crippen LogP contribution in [0.4, 0.5) is 17.6 Å². The molecule has 1 N–H and O–H groups in total. The first-order chi connectivity index (χ1) is 7.23. The Balaban J connectivity index is 3.34. The van der Waals surface area contributed by atoms with E-state index in [4.69, 9.17) is 5.11 Å². The number of carboxylic acid groups (broad SMARTS) is 1. The second kappa shape index (κ2) is 4.11. The summed E-state index contributed by atoms with van der Waals surface area (Å²) in [7, 11) is 0. The maximum Gasteiger partial charge on any atom is 0.416 e. The molecule has 0 aromatic heterocycles. The Morgan fingerprint density at radius 1 is 1.38 bits per heavy atom. The van der Waals surface area contributed by atoms with Crippen LogP contribution in [0.2, 0.25) is 0 Å². The predicted octanol–water partition coefficient (Wildman–Crippen LogP) is 3.03. The van der Waals surface area contributed by atoms with E-state index in [0.717, 1.165) is 19.1 Å². The monoisotopic (exact) mass is 236 g/mol. The molecule has 1 unspecified atom stereocenters. The molecule has 0 radical (unpaired) electrons. The van der Waals surface area contributed by atoms with Crippen molar-refractivity contribution in [1.29, 1.82) is 0 Å². The zero-order chi connectivity index (χ0) is 12.5. The molecular formula is C10H8F4O2. The van der Waals surface area contributed by atoms with E-state index in [1.807, 2.05) is 0 Å². The zero-order valence-electron chi connectivity index (χ0n) is 8.18. The van der Waals surface area contributed by atoms with Crippen molar-refractivity contribution >= 4 is 5.97 Å². The standard InChI is InChI=1S/C10H8F4O2/c1-5(9(15)16)7-3-2-6(11)4-8(7)10(12,13)14/h2-5H,1H3,(H,15,16). The smallest absolute Gasteiger partial charge is 0.416 e. The van der Waals surface area contributed by atoms with Gasteiger partial charge < -0.3 is 5.11 Å². The summed E-state index contributed by atoms with van der Waals surface area (Å²) in [5, 5.41) is 8.63. The molecule has 0 spiro atoms. The van der Waals surface area contributed by atoms with E-state index in [2.05, 4.69) is 0 Å². The number of rotatable bonds is 2. The second-order valence-corrected chi connectivity index (χ2v) is 3.29. The fraction of sp³-hybridized carbons (Fsp3) is 0.300. The summed E-state index contributed by atoms with van der Waals surface area (Å²) in [5.74, 6) is -3.78. The van der Waals surface area contributed by atoms with Gasteiger partial charge in [0, 0.05) is 0 Å². The number of alkyl halides is 3. The van der Waals surface area contributed by atoms with Crippen molar-refractivity contribution in [3.8, 4) is 0 Å². The molecule has 16 heavy (non-hydrogen) atoms. The summed E-state index contributed by atoms with van der Waals surface area (Å²) in [6.45, 7) is 1.12. The molecule has 1 aromatic carbocycles. The molecule has 0 saturated carbocycles. The van der Waals surface area contributed by atoms with E-state index in [1.165, 1.54) is 0 Å². The minimum atomic E-state index is -4.76. The normalized spacial score (nSPS) is 13.6. The van der Waals surface area contributed by atoms with Gasteiger partial charge in [-0.2, -0.15) is 13.2 Å². The lowest BCUT2D eigenvalue weighted by atomic mass is 9.95. The van der Waals surface area contributed by atoms with Crippen molar-refractivity contribution in [3.63, 3.8) is 0 Å². The molecule has 0 fully saturated rings. The molecule has 0 aliphatic heterocycles. The summed E-state index contributed by atoms with van der Waals surface area (Å²) in [6, 6.07) is 1.95. The number of hydrogen-bond acceptors (Lipinski definition) is 1. The Labute approximate surface area is 88.5 Å². The van der Waals surface area contributed by atoms with Crippen LogP contribution in [0.3, 0.4) is 0 Å². The molecule has 1 aromatic rings. The quantitative estimate of drug-likeness (QED) is 0.801. The Morgan fingerprint density at radius 2 is 1.94 bits per heavy atom. The lowest BCUT2D eigenvalue weighted by Crippen LogP contribution is -2.16. The Hall–Kier alpha value is -1.59. The topological polar surface area (TPSA) is 37.3 Å². The SMILES string of the molecule is CC(C(=O)O)c1ccc(F)cc1C(F)(F)F. The van der Waals surface area contributed by atoms with Gasteiger partial charge in [0.25, 0.3) is 0 Å². The largest absolute Gasteiger partial charge is 0.481 e. The van der Waals surface area contributed by atoms with Crippen molar-refractivity contribution in [1.82, 2.24) is 0 Å². The van der Waals surface area contributed by atoms with Crippen molar-refractivity contribution in [3.05, 3.63) is 35.1 Å². The van der Waals surface area contributed by atoms with Crippen molar-refractivity contribution in [2.24, 2.45) is 0 Å². The van der Waals surface area contributed by atoms with E-state index in [0.29, 0.717) is 6.07 Å². The summed E-state index contributed by atoms with van der Waals surface area (Å²) >= 11 is 0. The van der Waals surface area contributed by atoms with E-state index in [9.17, 15) is 22.4 Å². The lowest BCUT2D eigenvalue weighted by Gasteiger charge is -2.15. The Bertz CT molecular complexity index is 412. The molecule has 0 amide bonds. The van der Waals surface area contributed by atoms with E-state index in [1.54, 1.807) is 0 Å². The van der Waals surface area contributed by atoms with Crippen molar-refractivity contribution < 1.29 is 27.5 Å². The van der Waals surface area contributed by atoms with Crippen LogP contribution >= 0.6 is 0 Å². The van der Waals surface area contributed by atoms with E-state index in [-0.39, 0.29) is 0 Å². The third-order valence-corrected chi connectivity index (χ3v) is 2.16. The Kier molecular flexibility index (Phi) is 3.21. The first-order valence-corrected chi connectivity index (χ1v) is 4.33. The average molecular weight is 236 g/mol. The van der Waals surface area contributed by atoms with Gasteiger partial charge in [0.1, 0.15) is 5.82 Å². The van der Waals surface area contributed by atoms with Crippen LogP contribution in [0.15, 0.2) is 18.2 Å². The predicted molar refractivity (Wildman–Crippen MR) is 47.5 cm³/mol. The highest BCUT2D eigenvalue weighted by Crippen LogP contribution is 2.35. The fourth-order valence-electron chi connectivity index (χ4n) is 1.28. The maximum atomic E-state index is 12.7. The van der Waals surface area contributed by atoms with Crippen LogP contribution in [0.5, 0.6) is 0 Å². The van der Waals surface area contributed by atoms with Crippen LogP contribution in [-0.4, -0.2) is 11.1 Å². The molecule has 0 aliphatic carbocycles. The van der Waals surface area contributed by atoms with Gasteiger partial charge in [0.15, 0.2) is 0 Å². The van der Waals surface area contributed by atoms with Gasteiger partial charge in [-0.25, -0.2) is 4.39 Å². The highest BCUT2D eigenvalue weighted by Gasteiger charge is 2.36. The van der Waals surface area contributed by atoms with Crippen molar-refractivity contribution in [2.45, 2.75) is 19.0 Å². The number of halogens is 4. The van der Waals surface area contributed by atoms with Crippen LogP contribution in [-0.2, 0) is 11.0 Å². The first kappa shape index (κ1) is 12.5. The first-order valence-electron chi connectivity index (χ1n) is 4.33. The number of carbonyl (C=O) groups is 1. The van der Waals surface area contributed by atoms with Crippen molar-refractivity contribution in [2.75, 3.05) is 0 Å². The third kappa shape index (κ3) is 2.50. The third-order valence-electron chi connectivity index (χ3n) is 2.16. The molecule has 1 rings (SSSR count).